The lowest BCUT2D eigenvalue weighted by molar-refractivity contribution is -0.148. The van der Waals surface area contributed by atoms with Crippen LogP contribution in [0.4, 0.5) is 0 Å². The number of nitrogens with zero attached hydrogens (tertiary/aromatic N) is 1. The number of aliphatic carboxylic acids is 1. The molecule has 2 aliphatic rings. The van der Waals surface area contributed by atoms with Gasteiger partial charge in [-0.15, -0.1) is 11.8 Å². The van der Waals surface area contributed by atoms with Gasteiger partial charge in [0.05, 0.1) is 19.8 Å². The average molecular weight is 288 g/mol. The third-order valence-electron chi connectivity index (χ3n) is 3.00. The first-order valence-corrected chi connectivity index (χ1v) is 6.85. The number of ether oxygens (including phenoxy) is 2. The van der Waals surface area contributed by atoms with Gasteiger partial charge in [0.2, 0.25) is 5.91 Å². The third-order valence-corrected chi connectivity index (χ3v) is 4.36. The molecule has 1 amide bonds. The molecule has 7 nitrogen and oxygen atoms in total. The molecule has 0 bridgehead atoms. The smallest absolute Gasteiger partial charge is 0.352 e. The zero-order valence-corrected chi connectivity index (χ0v) is 11.3. The van der Waals surface area contributed by atoms with Gasteiger partial charge in [0.1, 0.15) is 17.1 Å². The summed E-state index contributed by atoms with van der Waals surface area (Å²) in [7, 11) is 1.56. The molecule has 0 aliphatic carbocycles. The van der Waals surface area contributed by atoms with Crippen LogP contribution in [0.2, 0.25) is 0 Å². The van der Waals surface area contributed by atoms with Crippen molar-refractivity contribution in [2.75, 3.05) is 32.7 Å². The molecule has 106 valence electrons. The van der Waals surface area contributed by atoms with E-state index in [0.29, 0.717) is 24.5 Å². The van der Waals surface area contributed by atoms with E-state index in [1.165, 1.54) is 16.7 Å². The zero-order valence-electron chi connectivity index (χ0n) is 10.5. The van der Waals surface area contributed by atoms with Crippen LogP contribution in [-0.4, -0.2) is 66.0 Å². The van der Waals surface area contributed by atoms with Crippen LogP contribution in [0.1, 0.15) is 0 Å². The third kappa shape index (κ3) is 2.62. The second-order valence-corrected chi connectivity index (χ2v) is 5.34. The number of amides is 1. The summed E-state index contributed by atoms with van der Waals surface area (Å²) < 4.78 is 10.2. The normalized spacial score (nSPS) is 26.2. The number of nitrogens with two attached hydrogens (primary N) is 1. The van der Waals surface area contributed by atoms with Crippen molar-refractivity contribution in [3.63, 3.8) is 0 Å². The molecular formula is C11H16N2O5S. The molecule has 8 heteroatoms. The molecule has 0 saturated carbocycles. The van der Waals surface area contributed by atoms with Crippen LogP contribution >= 0.6 is 11.8 Å². The van der Waals surface area contributed by atoms with Crippen molar-refractivity contribution in [2.45, 2.75) is 11.4 Å². The monoisotopic (exact) mass is 288 g/mol. The molecule has 1 unspecified atom stereocenters. The minimum atomic E-state index is -1.11. The maximum absolute atomic E-state index is 11.7. The maximum Gasteiger partial charge on any atom is 0.352 e. The topological polar surface area (TPSA) is 102 Å². The van der Waals surface area contributed by atoms with Crippen molar-refractivity contribution in [1.82, 2.24) is 4.90 Å². The molecule has 0 radical (unpaired) electrons. The number of carboxylic acids is 1. The molecule has 0 aromatic rings. The van der Waals surface area contributed by atoms with Gasteiger partial charge in [-0.1, -0.05) is 0 Å². The summed E-state index contributed by atoms with van der Waals surface area (Å²) in [6.07, 6.45) is 0. The first-order valence-electron chi connectivity index (χ1n) is 5.80. The Bertz CT molecular complexity index is 425. The Morgan fingerprint density at radius 2 is 2.32 bits per heavy atom. The largest absolute Gasteiger partial charge is 0.477 e. The Morgan fingerprint density at radius 1 is 1.58 bits per heavy atom. The van der Waals surface area contributed by atoms with Gasteiger partial charge in [-0.3, -0.25) is 9.69 Å². The van der Waals surface area contributed by atoms with Crippen molar-refractivity contribution in [3.8, 4) is 0 Å². The van der Waals surface area contributed by atoms with E-state index in [9.17, 15) is 14.7 Å². The fourth-order valence-corrected chi connectivity index (χ4v) is 3.30. The Labute approximate surface area is 114 Å². The van der Waals surface area contributed by atoms with E-state index in [4.69, 9.17) is 15.2 Å². The van der Waals surface area contributed by atoms with Gasteiger partial charge in [-0.05, 0) is 5.57 Å². The van der Waals surface area contributed by atoms with Crippen LogP contribution in [0.25, 0.3) is 0 Å². The Kier molecular flexibility index (Phi) is 4.46. The van der Waals surface area contributed by atoms with E-state index in [1.807, 2.05) is 0 Å². The molecule has 0 aromatic heterocycles. The highest BCUT2D eigenvalue weighted by Crippen LogP contribution is 2.39. The van der Waals surface area contributed by atoms with Crippen LogP contribution in [0.5, 0.6) is 0 Å². The average Bonchev–Trinajstić information content (AvgIpc) is 2.41. The summed E-state index contributed by atoms with van der Waals surface area (Å²) in [4.78, 5) is 24.2. The van der Waals surface area contributed by atoms with Gasteiger partial charge < -0.3 is 20.3 Å². The second-order valence-electron chi connectivity index (χ2n) is 4.24. The molecule has 0 spiro atoms. The summed E-state index contributed by atoms with van der Waals surface area (Å²) in [5.41, 5.74) is 6.27. The summed E-state index contributed by atoms with van der Waals surface area (Å²) in [6, 6.07) is -0.602. The minimum Gasteiger partial charge on any atom is -0.477 e. The standard InChI is InChI=1S/C11H16N2O5S/c1-17-2-3-18-4-6-5-19-10-7(12)9(14)13(10)8(6)11(15)16/h7,10H,2-5,12H2,1H3,(H,15,16)/t7?,10-/m1/s1. The lowest BCUT2D eigenvalue weighted by atomic mass is 10.0. The summed E-state index contributed by atoms with van der Waals surface area (Å²) in [5, 5.41) is 8.99. The van der Waals surface area contributed by atoms with E-state index in [-0.39, 0.29) is 23.6 Å². The highest BCUT2D eigenvalue weighted by atomic mass is 32.2. The number of rotatable bonds is 6. The first kappa shape index (κ1) is 14.3. The number of hydrogen-bond acceptors (Lipinski definition) is 6. The van der Waals surface area contributed by atoms with Crippen molar-refractivity contribution < 1.29 is 24.2 Å². The Balaban J connectivity index is 2.09. The predicted octanol–water partition coefficient (Wildman–Crippen LogP) is -0.769. The van der Waals surface area contributed by atoms with Crippen molar-refractivity contribution in [3.05, 3.63) is 11.3 Å². The number of carbonyl (C=O) groups excluding carboxylic acids is 1. The number of fused-ring (bicyclic) bond motifs is 1. The SMILES string of the molecule is COCCOCC1=C(C(=O)O)N2C(=O)C(N)[C@H]2SC1. The Hall–Kier alpha value is -1.09. The van der Waals surface area contributed by atoms with E-state index in [1.54, 1.807) is 7.11 Å². The maximum atomic E-state index is 11.7. The fraction of sp³-hybridized carbons (Fsp3) is 0.636. The molecule has 2 aliphatic heterocycles. The van der Waals surface area contributed by atoms with Gasteiger partial charge in [0.15, 0.2) is 0 Å². The molecule has 3 N–H and O–H groups in total. The van der Waals surface area contributed by atoms with Gasteiger partial charge >= 0.3 is 5.97 Å². The summed E-state index contributed by atoms with van der Waals surface area (Å²) in [6.45, 7) is 1.01. The van der Waals surface area contributed by atoms with Gasteiger partial charge in [0.25, 0.3) is 0 Å². The molecule has 1 saturated heterocycles. The Morgan fingerprint density at radius 3 is 2.95 bits per heavy atom. The highest BCUT2D eigenvalue weighted by Gasteiger charge is 2.51. The van der Waals surface area contributed by atoms with Gasteiger partial charge in [-0.25, -0.2) is 4.79 Å². The number of thioether (sulfide) groups is 1. The number of carbonyl (C=O) groups is 2. The fourth-order valence-electron chi connectivity index (χ4n) is 2.03. The van der Waals surface area contributed by atoms with E-state index in [2.05, 4.69) is 0 Å². The van der Waals surface area contributed by atoms with Crippen molar-refractivity contribution in [1.29, 1.82) is 0 Å². The summed E-state index contributed by atoms with van der Waals surface area (Å²) >= 11 is 1.47. The molecule has 2 rings (SSSR count). The lowest BCUT2D eigenvalue weighted by Gasteiger charge is -2.47. The molecular weight excluding hydrogens is 272 g/mol. The van der Waals surface area contributed by atoms with Gasteiger partial charge in [0, 0.05) is 12.9 Å². The number of β-lactam (4-membered cyclic amide) rings is 1. The number of carboxylic acid groups (broad SMARTS) is 1. The first-order chi connectivity index (χ1) is 9.07. The van der Waals surface area contributed by atoms with Gasteiger partial charge in [-0.2, -0.15) is 0 Å². The number of methoxy groups -OCH3 is 1. The van der Waals surface area contributed by atoms with E-state index < -0.39 is 12.0 Å². The molecule has 2 atom stereocenters. The molecule has 0 aromatic carbocycles. The van der Waals surface area contributed by atoms with Crippen LogP contribution in [-0.2, 0) is 19.1 Å². The summed E-state index contributed by atoms with van der Waals surface area (Å²) in [5.74, 6) is -0.948. The number of hydrogen-bond donors (Lipinski definition) is 2. The van der Waals surface area contributed by atoms with Crippen LogP contribution in [0.3, 0.4) is 0 Å². The van der Waals surface area contributed by atoms with Crippen LogP contribution < -0.4 is 5.73 Å². The predicted molar refractivity (Wildman–Crippen MR) is 68.4 cm³/mol. The molecule has 19 heavy (non-hydrogen) atoms. The van der Waals surface area contributed by atoms with Crippen LogP contribution in [0.15, 0.2) is 11.3 Å². The quantitative estimate of drug-likeness (QED) is 0.489. The molecule has 1 fully saturated rings. The van der Waals surface area contributed by atoms with Crippen molar-refractivity contribution >= 4 is 23.6 Å². The van der Waals surface area contributed by atoms with E-state index >= 15 is 0 Å². The zero-order chi connectivity index (χ0) is 14.0. The van der Waals surface area contributed by atoms with Crippen molar-refractivity contribution in [2.24, 2.45) is 5.73 Å². The lowest BCUT2D eigenvalue weighted by Crippen LogP contribution is -2.68. The van der Waals surface area contributed by atoms with Crippen LogP contribution in [0, 0.1) is 0 Å². The second kappa shape index (κ2) is 5.91. The minimum absolute atomic E-state index is 0.0212. The molecule has 2 heterocycles. The highest BCUT2D eigenvalue weighted by molar-refractivity contribution is 8.00. The van der Waals surface area contributed by atoms with E-state index in [0.717, 1.165) is 0 Å².